The summed E-state index contributed by atoms with van der Waals surface area (Å²) in [6.07, 6.45) is -1.91. The molecule has 11 nitrogen and oxygen atoms in total. The SMILES string of the molecule is COC1C(C(=O)N(c2cc(Br)cc(C#N)c2)[C@H]2CCCC[C@@H]2O)OC(CO)C(O)C1n1cc(-c2cc(F)cc(Cl)c2)nn1. The fourth-order valence-corrected chi connectivity index (χ4v) is 6.61. The molecule has 1 aliphatic heterocycles. The molecule has 1 aromatic heterocycles. The van der Waals surface area contributed by atoms with Gasteiger partial charge in [-0.25, -0.2) is 9.07 Å². The molecule has 14 heteroatoms. The van der Waals surface area contributed by atoms with E-state index >= 15 is 0 Å². The minimum Gasteiger partial charge on any atom is -0.394 e. The maximum absolute atomic E-state index is 14.5. The highest BCUT2D eigenvalue weighted by Gasteiger charge is 2.52. The topological polar surface area (TPSA) is 154 Å². The lowest BCUT2D eigenvalue weighted by Crippen LogP contribution is -2.63. The van der Waals surface area contributed by atoms with Crippen LogP contribution < -0.4 is 4.90 Å². The standard InChI is InChI=1S/C29H30BrClFN5O6/c1-42-27-25(36-13-21(34-35-36)16-8-18(31)11-19(32)9-16)26(40)24(14-38)43-28(27)29(41)37(22-4-2-3-5-23(22)39)20-7-15(12-33)6-17(30)10-20/h6-11,13,22-28,38-40H,2-5,14H2,1H3/t22-,23-,24?,25?,26?,27?,28?/m0/s1. The number of ether oxygens (including phenoxy) is 2. The Morgan fingerprint density at radius 3 is 2.70 bits per heavy atom. The molecule has 1 saturated carbocycles. The van der Waals surface area contributed by atoms with Crippen molar-refractivity contribution in [2.45, 2.75) is 68.3 Å². The molecule has 228 valence electrons. The van der Waals surface area contributed by atoms with Crippen LogP contribution in [0.2, 0.25) is 5.02 Å². The summed E-state index contributed by atoms with van der Waals surface area (Å²) in [6.45, 7) is -0.625. The number of amides is 1. The van der Waals surface area contributed by atoms with Crippen LogP contribution in [0.4, 0.5) is 10.1 Å². The lowest BCUT2D eigenvalue weighted by molar-refractivity contribution is -0.211. The van der Waals surface area contributed by atoms with Gasteiger partial charge in [0.2, 0.25) is 0 Å². The van der Waals surface area contributed by atoms with Gasteiger partial charge in [0.1, 0.15) is 35.9 Å². The second kappa shape index (κ2) is 13.4. The number of carbonyl (C=O) groups excluding carboxylic acids is 1. The molecule has 43 heavy (non-hydrogen) atoms. The fraction of sp³-hybridized carbons (Fsp3) is 0.448. The second-order valence-electron chi connectivity index (χ2n) is 10.6. The minimum absolute atomic E-state index is 0.161. The maximum Gasteiger partial charge on any atom is 0.259 e. The van der Waals surface area contributed by atoms with Crippen molar-refractivity contribution in [3.05, 3.63) is 63.5 Å². The summed E-state index contributed by atoms with van der Waals surface area (Å²) in [5.74, 6) is -1.16. The molecule has 5 unspecified atom stereocenters. The zero-order valence-electron chi connectivity index (χ0n) is 23.1. The first kappa shape index (κ1) is 31.5. The third-order valence-electron chi connectivity index (χ3n) is 7.91. The average Bonchev–Trinajstić information content (AvgIpc) is 3.47. The van der Waals surface area contributed by atoms with Crippen molar-refractivity contribution in [3.63, 3.8) is 0 Å². The number of hydrogen-bond donors (Lipinski definition) is 3. The van der Waals surface area contributed by atoms with Crippen molar-refractivity contribution in [2.24, 2.45) is 0 Å². The summed E-state index contributed by atoms with van der Waals surface area (Å²) >= 11 is 9.43. The zero-order chi connectivity index (χ0) is 30.8. The van der Waals surface area contributed by atoms with Gasteiger partial charge in [-0.15, -0.1) is 5.10 Å². The summed E-state index contributed by atoms with van der Waals surface area (Å²) in [5, 5.41) is 50.4. The number of carbonyl (C=O) groups is 1. The monoisotopic (exact) mass is 677 g/mol. The van der Waals surface area contributed by atoms with Crippen LogP contribution in [-0.2, 0) is 14.3 Å². The van der Waals surface area contributed by atoms with Crippen molar-refractivity contribution >= 4 is 39.1 Å². The molecule has 1 amide bonds. The van der Waals surface area contributed by atoms with E-state index < -0.39 is 60.9 Å². The normalized spacial score (nSPS) is 27.4. The summed E-state index contributed by atoms with van der Waals surface area (Å²) in [4.78, 5) is 15.9. The highest BCUT2D eigenvalue weighted by molar-refractivity contribution is 9.10. The number of nitrogens with zero attached hydrogens (tertiary/aromatic N) is 5. The summed E-state index contributed by atoms with van der Waals surface area (Å²) in [5.41, 5.74) is 1.27. The van der Waals surface area contributed by atoms with Gasteiger partial charge < -0.3 is 29.7 Å². The molecular weight excluding hydrogens is 649 g/mol. The number of aliphatic hydroxyl groups is 3. The number of hydrogen-bond acceptors (Lipinski definition) is 9. The molecule has 1 saturated heterocycles. The largest absolute Gasteiger partial charge is 0.394 e. The molecule has 7 atom stereocenters. The zero-order valence-corrected chi connectivity index (χ0v) is 25.4. The van der Waals surface area contributed by atoms with Crippen molar-refractivity contribution in [1.82, 2.24) is 15.0 Å². The molecule has 0 bridgehead atoms. The first-order chi connectivity index (χ1) is 20.6. The van der Waals surface area contributed by atoms with Gasteiger partial charge in [-0.05, 0) is 49.2 Å². The Bertz CT molecular complexity index is 1500. The van der Waals surface area contributed by atoms with E-state index in [1.807, 2.05) is 0 Å². The van der Waals surface area contributed by atoms with E-state index in [0.717, 1.165) is 18.9 Å². The highest BCUT2D eigenvalue weighted by atomic mass is 79.9. The van der Waals surface area contributed by atoms with Gasteiger partial charge in [0.15, 0.2) is 6.10 Å². The number of benzene rings is 2. The van der Waals surface area contributed by atoms with Crippen molar-refractivity contribution in [3.8, 4) is 17.3 Å². The van der Waals surface area contributed by atoms with Gasteiger partial charge in [0, 0.05) is 27.9 Å². The fourth-order valence-electron chi connectivity index (χ4n) is 5.91. The lowest BCUT2D eigenvalue weighted by atomic mass is 9.88. The Morgan fingerprint density at radius 1 is 1.26 bits per heavy atom. The van der Waals surface area contributed by atoms with Gasteiger partial charge in [0.25, 0.3) is 5.91 Å². The van der Waals surface area contributed by atoms with E-state index in [0.29, 0.717) is 34.1 Å². The van der Waals surface area contributed by atoms with Gasteiger partial charge in [-0.1, -0.05) is 45.6 Å². The molecule has 3 N–H and O–H groups in total. The molecule has 0 radical (unpaired) electrons. The number of halogens is 3. The number of anilines is 1. The Kier molecular flexibility index (Phi) is 9.77. The van der Waals surface area contributed by atoms with Crippen LogP contribution in [0.25, 0.3) is 11.3 Å². The Morgan fingerprint density at radius 2 is 2.02 bits per heavy atom. The van der Waals surface area contributed by atoms with Crippen LogP contribution in [0.15, 0.2) is 47.1 Å². The number of methoxy groups -OCH3 is 1. The predicted molar refractivity (Wildman–Crippen MR) is 157 cm³/mol. The van der Waals surface area contributed by atoms with Gasteiger partial charge in [-0.2, -0.15) is 5.26 Å². The summed E-state index contributed by atoms with van der Waals surface area (Å²) < 4.78 is 27.7. The molecule has 3 aromatic rings. The lowest BCUT2D eigenvalue weighted by Gasteiger charge is -2.46. The number of aliphatic hydroxyl groups excluding tert-OH is 3. The third kappa shape index (κ3) is 6.46. The van der Waals surface area contributed by atoms with E-state index in [1.54, 1.807) is 18.2 Å². The maximum atomic E-state index is 14.5. The van der Waals surface area contributed by atoms with Crippen LogP contribution in [0.1, 0.15) is 37.3 Å². The molecular formula is C29H30BrClFN5O6. The first-order valence-electron chi connectivity index (χ1n) is 13.7. The van der Waals surface area contributed by atoms with E-state index in [9.17, 15) is 29.8 Å². The molecule has 0 spiro atoms. The number of rotatable bonds is 7. The van der Waals surface area contributed by atoms with Crippen molar-refractivity contribution in [1.29, 1.82) is 5.26 Å². The van der Waals surface area contributed by atoms with Gasteiger partial charge in [0.05, 0.1) is 36.6 Å². The summed E-state index contributed by atoms with van der Waals surface area (Å²) in [6, 6.07) is 9.13. The van der Waals surface area contributed by atoms with E-state index in [1.165, 1.54) is 35.0 Å². The van der Waals surface area contributed by atoms with Crippen molar-refractivity contribution in [2.75, 3.05) is 18.6 Å². The van der Waals surface area contributed by atoms with E-state index in [2.05, 4.69) is 32.3 Å². The second-order valence-corrected chi connectivity index (χ2v) is 12.0. The molecule has 5 rings (SSSR count). The van der Waals surface area contributed by atoms with Crippen LogP contribution in [0, 0.1) is 17.1 Å². The average molecular weight is 679 g/mol. The Balaban J connectivity index is 1.56. The van der Waals surface area contributed by atoms with E-state index in [-0.39, 0.29) is 10.7 Å². The van der Waals surface area contributed by atoms with Crippen LogP contribution in [-0.4, -0.2) is 86.5 Å². The van der Waals surface area contributed by atoms with Crippen LogP contribution in [0.5, 0.6) is 0 Å². The molecule has 1 aliphatic carbocycles. The van der Waals surface area contributed by atoms with Crippen molar-refractivity contribution < 1.29 is 34.0 Å². The predicted octanol–water partition coefficient (Wildman–Crippen LogP) is 3.39. The molecule has 2 fully saturated rings. The molecule has 2 aromatic carbocycles. The van der Waals surface area contributed by atoms with Gasteiger partial charge >= 0.3 is 0 Å². The summed E-state index contributed by atoms with van der Waals surface area (Å²) in [7, 11) is 1.35. The van der Waals surface area contributed by atoms with Crippen LogP contribution >= 0.6 is 27.5 Å². The molecule has 2 heterocycles. The van der Waals surface area contributed by atoms with Crippen LogP contribution in [0.3, 0.4) is 0 Å². The molecule has 2 aliphatic rings. The number of aromatic nitrogens is 3. The Hall–Kier alpha value is -2.96. The smallest absolute Gasteiger partial charge is 0.259 e. The highest BCUT2D eigenvalue weighted by Crippen LogP contribution is 2.37. The first-order valence-corrected chi connectivity index (χ1v) is 14.9. The Labute approximate surface area is 260 Å². The third-order valence-corrected chi connectivity index (χ3v) is 8.59. The number of nitriles is 1. The van der Waals surface area contributed by atoms with Gasteiger partial charge in [-0.3, -0.25) is 4.79 Å². The quantitative estimate of drug-likeness (QED) is 0.341. The van der Waals surface area contributed by atoms with E-state index in [4.69, 9.17) is 21.1 Å². The minimum atomic E-state index is -1.38.